The first kappa shape index (κ1) is 22.0. The maximum atomic E-state index is 12.9. The lowest BCUT2D eigenvalue weighted by Gasteiger charge is -2.33. The Labute approximate surface area is 175 Å². The Morgan fingerprint density at radius 2 is 1.72 bits per heavy atom. The van der Waals surface area contributed by atoms with Crippen LogP contribution in [-0.4, -0.2) is 46.1 Å². The van der Waals surface area contributed by atoms with Crippen LogP contribution in [0.4, 0.5) is 0 Å². The van der Waals surface area contributed by atoms with Crippen LogP contribution in [-0.2, 0) is 14.8 Å². The molecule has 1 aliphatic heterocycles. The number of ether oxygens (including phenoxy) is 1. The molecule has 29 heavy (non-hydrogen) atoms. The lowest BCUT2D eigenvalue weighted by molar-refractivity contribution is -0.0300. The van der Waals surface area contributed by atoms with Gasteiger partial charge in [0.15, 0.2) is 0 Å². The van der Waals surface area contributed by atoms with Crippen molar-refractivity contribution < 1.29 is 13.2 Å². The van der Waals surface area contributed by atoms with E-state index >= 15 is 0 Å². The number of nitrogens with one attached hydrogen (secondary N) is 1. The number of hydrogen-bond acceptors (Lipinski definition) is 4. The van der Waals surface area contributed by atoms with Crippen LogP contribution in [0.2, 0.25) is 0 Å². The summed E-state index contributed by atoms with van der Waals surface area (Å²) in [4.78, 5) is 2.79. The highest BCUT2D eigenvalue weighted by Crippen LogP contribution is 2.26. The minimum Gasteiger partial charge on any atom is -0.371 e. The number of hydrogen-bond donors (Lipinski definition) is 1. The van der Waals surface area contributed by atoms with Crippen LogP contribution < -0.4 is 4.72 Å². The summed E-state index contributed by atoms with van der Waals surface area (Å²) in [6, 6.07) is 12.3. The van der Waals surface area contributed by atoms with Crippen LogP contribution in [0.15, 0.2) is 41.3 Å². The Bertz CT molecular complexity index is 916. The van der Waals surface area contributed by atoms with Crippen molar-refractivity contribution >= 4 is 10.0 Å². The second kappa shape index (κ2) is 9.39. The van der Waals surface area contributed by atoms with Crippen LogP contribution in [0.25, 0.3) is 0 Å². The highest BCUT2D eigenvalue weighted by atomic mass is 32.2. The van der Waals surface area contributed by atoms with Gasteiger partial charge in [-0.1, -0.05) is 36.4 Å². The van der Waals surface area contributed by atoms with Gasteiger partial charge >= 0.3 is 0 Å². The minimum atomic E-state index is -3.52. The molecule has 0 aromatic heterocycles. The van der Waals surface area contributed by atoms with Crippen molar-refractivity contribution in [2.24, 2.45) is 0 Å². The number of aryl methyl sites for hydroxylation is 2. The number of benzene rings is 2. The molecule has 2 aromatic carbocycles. The smallest absolute Gasteiger partial charge is 0.241 e. The van der Waals surface area contributed by atoms with E-state index in [1.807, 2.05) is 52.0 Å². The predicted molar refractivity (Wildman–Crippen MR) is 117 cm³/mol. The Balaban J connectivity index is 1.55. The van der Waals surface area contributed by atoms with Crippen molar-refractivity contribution in [3.05, 3.63) is 64.2 Å². The summed E-state index contributed by atoms with van der Waals surface area (Å²) in [6.45, 7) is 11.4. The molecule has 1 aliphatic rings. The quantitative estimate of drug-likeness (QED) is 0.700. The topological polar surface area (TPSA) is 58.6 Å². The van der Waals surface area contributed by atoms with Gasteiger partial charge in [-0.3, -0.25) is 4.90 Å². The van der Waals surface area contributed by atoms with E-state index in [0.29, 0.717) is 18.0 Å². The summed E-state index contributed by atoms with van der Waals surface area (Å²) in [7, 11) is -3.52. The third kappa shape index (κ3) is 5.25. The molecule has 1 N–H and O–H groups in total. The molecule has 6 heteroatoms. The summed E-state index contributed by atoms with van der Waals surface area (Å²) in [5.74, 6) is 0. The van der Waals surface area contributed by atoms with Gasteiger partial charge in [0.2, 0.25) is 10.0 Å². The highest BCUT2D eigenvalue weighted by Gasteiger charge is 2.23. The minimum absolute atomic E-state index is 0.0854. The van der Waals surface area contributed by atoms with E-state index in [9.17, 15) is 8.42 Å². The summed E-state index contributed by atoms with van der Waals surface area (Å²) in [5.41, 5.74) is 4.88. The van der Waals surface area contributed by atoms with Gasteiger partial charge in [-0.05, 0) is 68.5 Å². The van der Waals surface area contributed by atoms with Crippen molar-refractivity contribution in [1.82, 2.24) is 9.62 Å². The van der Waals surface area contributed by atoms with Crippen LogP contribution in [0.3, 0.4) is 0 Å². The molecule has 0 spiro atoms. The molecule has 0 aliphatic carbocycles. The molecule has 0 unspecified atom stereocenters. The van der Waals surface area contributed by atoms with Gasteiger partial charge < -0.3 is 4.74 Å². The first-order chi connectivity index (χ1) is 13.8. The second-order valence-corrected chi connectivity index (χ2v) is 9.62. The number of nitrogens with zero attached hydrogens (tertiary/aromatic N) is 1. The molecule has 0 saturated carbocycles. The monoisotopic (exact) mass is 416 g/mol. The van der Waals surface area contributed by atoms with E-state index in [2.05, 4.69) is 21.8 Å². The van der Waals surface area contributed by atoms with E-state index in [0.717, 1.165) is 48.3 Å². The number of sulfonamides is 1. The molecule has 2 aromatic rings. The molecule has 5 nitrogen and oxygen atoms in total. The Morgan fingerprint density at radius 3 is 2.38 bits per heavy atom. The van der Waals surface area contributed by atoms with Crippen molar-refractivity contribution in [3.8, 4) is 0 Å². The fourth-order valence-electron chi connectivity index (χ4n) is 3.94. The predicted octanol–water partition coefficient (Wildman–Crippen LogP) is 3.66. The normalized spacial score (nSPS) is 18.1. The summed E-state index contributed by atoms with van der Waals surface area (Å²) in [6.07, 6.45) is 0.853. The van der Waals surface area contributed by atoms with E-state index in [1.54, 1.807) is 0 Å². The van der Waals surface area contributed by atoms with E-state index in [4.69, 9.17) is 4.74 Å². The molecule has 0 amide bonds. The van der Waals surface area contributed by atoms with Crippen LogP contribution in [0.5, 0.6) is 0 Å². The fourth-order valence-corrected chi connectivity index (χ4v) is 5.63. The average Bonchev–Trinajstić information content (AvgIpc) is 2.71. The molecule has 1 heterocycles. The fraction of sp³-hybridized carbons (Fsp3) is 0.478. The van der Waals surface area contributed by atoms with Crippen LogP contribution in [0, 0.1) is 27.7 Å². The summed E-state index contributed by atoms with van der Waals surface area (Å²) < 4.78 is 34.6. The maximum absolute atomic E-state index is 12.9. The zero-order valence-electron chi connectivity index (χ0n) is 17.9. The van der Waals surface area contributed by atoms with Gasteiger partial charge in [0.1, 0.15) is 0 Å². The Morgan fingerprint density at radius 1 is 1.07 bits per heavy atom. The van der Waals surface area contributed by atoms with E-state index in [1.165, 1.54) is 5.56 Å². The van der Waals surface area contributed by atoms with Gasteiger partial charge in [-0.2, -0.15) is 0 Å². The van der Waals surface area contributed by atoms with Gasteiger partial charge in [0.05, 0.1) is 17.6 Å². The molecule has 1 atom stereocenters. The van der Waals surface area contributed by atoms with E-state index < -0.39 is 10.0 Å². The second-order valence-electron chi connectivity index (χ2n) is 7.91. The molecule has 1 fully saturated rings. The lowest BCUT2D eigenvalue weighted by Crippen LogP contribution is -2.40. The Hall–Kier alpha value is -1.73. The van der Waals surface area contributed by atoms with E-state index in [-0.39, 0.29) is 6.10 Å². The summed E-state index contributed by atoms with van der Waals surface area (Å²) in [5, 5.41) is 0. The zero-order valence-corrected chi connectivity index (χ0v) is 18.7. The third-order valence-corrected chi connectivity index (χ3v) is 7.57. The van der Waals surface area contributed by atoms with Crippen molar-refractivity contribution in [2.45, 2.75) is 45.1 Å². The maximum Gasteiger partial charge on any atom is 0.241 e. The molecule has 0 bridgehead atoms. The van der Waals surface area contributed by atoms with Gasteiger partial charge in [-0.25, -0.2) is 13.1 Å². The Kier molecular flexibility index (Phi) is 7.11. The van der Waals surface area contributed by atoms with Crippen LogP contribution in [0.1, 0.15) is 40.3 Å². The summed E-state index contributed by atoms with van der Waals surface area (Å²) >= 11 is 0. The van der Waals surface area contributed by atoms with Gasteiger partial charge in [0.25, 0.3) is 0 Å². The molecular weight excluding hydrogens is 384 g/mol. The lowest BCUT2D eigenvalue weighted by atomic mass is 10.0. The third-order valence-electron chi connectivity index (χ3n) is 5.83. The molecule has 3 rings (SSSR count). The van der Waals surface area contributed by atoms with Crippen molar-refractivity contribution in [1.29, 1.82) is 0 Å². The SMILES string of the molecule is Cc1cc(C)c(C)c(S(=O)(=O)NCCCN2CCO[C@H](c3ccccc3)C2)c1C. The molecule has 0 radical (unpaired) electrons. The first-order valence-corrected chi connectivity index (χ1v) is 11.7. The molecule has 1 saturated heterocycles. The van der Waals surface area contributed by atoms with Crippen molar-refractivity contribution in [2.75, 3.05) is 32.8 Å². The van der Waals surface area contributed by atoms with Gasteiger partial charge in [-0.15, -0.1) is 0 Å². The first-order valence-electron chi connectivity index (χ1n) is 10.3. The van der Waals surface area contributed by atoms with Crippen LogP contribution >= 0.6 is 0 Å². The molecular formula is C23H32N2O3S. The largest absolute Gasteiger partial charge is 0.371 e. The van der Waals surface area contributed by atoms with Crippen molar-refractivity contribution in [3.63, 3.8) is 0 Å². The molecule has 158 valence electrons. The standard InChI is InChI=1S/C23H32N2O3S/c1-17-15-18(2)20(4)23(19(17)3)29(26,27)24-11-8-12-25-13-14-28-22(16-25)21-9-6-5-7-10-21/h5-7,9-10,15,22,24H,8,11-14,16H2,1-4H3/t22-/m0/s1. The van der Waals surface area contributed by atoms with Gasteiger partial charge in [0, 0.05) is 19.6 Å². The number of rotatable bonds is 7. The zero-order chi connectivity index (χ0) is 21.0. The number of morpholine rings is 1. The average molecular weight is 417 g/mol. The highest BCUT2D eigenvalue weighted by molar-refractivity contribution is 7.89.